The van der Waals surface area contributed by atoms with Crippen molar-refractivity contribution in [2.75, 3.05) is 20.8 Å². The summed E-state index contributed by atoms with van der Waals surface area (Å²) in [6.45, 7) is 0.587. The van der Waals surface area contributed by atoms with Gasteiger partial charge in [-0.25, -0.2) is 0 Å². The number of benzene rings is 3. The van der Waals surface area contributed by atoms with Gasteiger partial charge in [-0.3, -0.25) is 4.79 Å². The second-order valence-electron chi connectivity index (χ2n) is 6.90. The predicted molar refractivity (Wildman–Crippen MR) is 121 cm³/mol. The van der Waals surface area contributed by atoms with Gasteiger partial charge in [0, 0.05) is 18.5 Å². The Balaban J connectivity index is 1.60. The Morgan fingerprint density at radius 1 is 0.867 bits per heavy atom. The molecule has 0 fully saturated rings. The molecular weight excluding hydrogens is 374 g/mol. The average Bonchev–Trinajstić information content (AvgIpc) is 2.81. The van der Waals surface area contributed by atoms with Crippen LogP contribution in [0.4, 0.5) is 0 Å². The summed E-state index contributed by atoms with van der Waals surface area (Å²) in [4.78, 5) is 12.3. The predicted octanol–water partition coefficient (Wildman–Crippen LogP) is 5.06. The molecule has 0 heterocycles. The van der Waals surface area contributed by atoms with Crippen LogP contribution in [0.15, 0.2) is 84.9 Å². The molecule has 3 aromatic carbocycles. The second kappa shape index (κ2) is 10.9. The van der Waals surface area contributed by atoms with Crippen LogP contribution in [0.5, 0.6) is 11.5 Å². The van der Waals surface area contributed by atoms with Crippen LogP contribution in [0, 0.1) is 0 Å². The van der Waals surface area contributed by atoms with E-state index in [4.69, 9.17) is 9.47 Å². The molecule has 0 spiro atoms. The van der Waals surface area contributed by atoms with Gasteiger partial charge in [0.25, 0.3) is 0 Å². The van der Waals surface area contributed by atoms with Gasteiger partial charge in [-0.1, -0.05) is 66.7 Å². The van der Waals surface area contributed by atoms with Crippen LogP contribution in [0.3, 0.4) is 0 Å². The summed E-state index contributed by atoms with van der Waals surface area (Å²) in [5.74, 6) is 1.41. The number of hydrogen-bond donors (Lipinski definition) is 1. The Hall–Kier alpha value is -3.53. The van der Waals surface area contributed by atoms with E-state index in [1.165, 1.54) is 11.1 Å². The number of carbonyl (C=O) groups is 1. The number of methoxy groups -OCH3 is 2. The molecule has 0 aliphatic rings. The Morgan fingerprint density at radius 2 is 1.47 bits per heavy atom. The van der Waals surface area contributed by atoms with Gasteiger partial charge in [-0.15, -0.1) is 0 Å². The lowest BCUT2D eigenvalue weighted by Gasteiger charge is -2.18. The lowest BCUT2D eigenvalue weighted by Crippen LogP contribution is -2.23. The van der Waals surface area contributed by atoms with Crippen molar-refractivity contribution in [2.24, 2.45) is 0 Å². The first-order chi connectivity index (χ1) is 14.7. The molecule has 0 unspecified atom stereocenters. The maximum absolute atomic E-state index is 12.3. The van der Waals surface area contributed by atoms with Crippen molar-refractivity contribution >= 4 is 12.0 Å². The summed E-state index contributed by atoms with van der Waals surface area (Å²) >= 11 is 0. The van der Waals surface area contributed by atoms with Crippen LogP contribution in [-0.4, -0.2) is 26.7 Å². The minimum Gasteiger partial charge on any atom is -0.493 e. The highest BCUT2D eigenvalue weighted by Crippen LogP contribution is 2.28. The molecule has 0 aromatic heterocycles. The highest BCUT2D eigenvalue weighted by Gasteiger charge is 2.13. The van der Waals surface area contributed by atoms with Crippen LogP contribution in [-0.2, 0) is 4.79 Å². The number of carbonyl (C=O) groups excluding carboxylic acids is 1. The molecule has 0 atom stereocenters. The minimum absolute atomic E-state index is 0.121. The zero-order valence-corrected chi connectivity index (χ0v) is 17.4. The van der Waals surface area contributed by atoms with Crippen molar-refractivity contribution in [2.45, 2.75) is 12.3 Å². The first-order valence-electron chi connectivity index (χ1n) is 9.99. The van der Waals surface area contributed by atoms with E-state index >= 15 is 0 Å². The SMILES string of the molecule is COc1ccc(C=CC(=O)NCCC(c2ccccc2)c2ccccc2)cc1OC. The number of hydrogen-bond acceptors (Lipinski definition) is 3. The van der Waals surface area contributed by atoms with E-state index in [2.05, 4.69) is 53.8 Å². The largest absolute Gasteiger partial charge is 0.493 e. The Kier molecular flexibility index (Phi) is 7.67. The molecule has 0 aliphatic heterocycles. The normalized spacial score (nSPS) is 10.9. The van der Waals surface area contributed by atoms with Crippen molar-refractivity contribution in [1.29, 1.82) is 0 Å². The molecule has 1 N–H and O–H groups in total. The Morgan fingerprint density at radius 3 is 2.03 bits per heavy atom. The third kappa shape index (κ3) is 5.74. The van der Waals surface area contributed by atoms with Crippen LogP contribution >= 0.6 is 0 Å². The van der Waals surface area contributed by atoms with E-state index in [0.29, 0.717) is 18.0 Å². The fourth-order valence-corrected chi connectivity index (χ4v) is 3.42. The number of ether oxygens (including phenoxy) is 2. The van der Waals surface area contributed by atoms with Gasteiger partial charge in [0.1, 0.15) is 0 Å². The van der Waals surface area contributed by atoms with Crippen LogP contribution < -0.4 is 14.8 Å². The molecule has 0 aliphatic carbocycles. The fourth-order valence-electron chi connectivity index (χ4n) is 3.42. The van der Waals surface area contributed by atoms with Crippen LogP contribution in [0.2, 0.25) is 0 Å². The average molecular weight is 402 g/mol. The zero-order valence-electron chi connectivity index (χ0n) is 17.4. The molecule has 4 nitrogen and oxygen atoms in total. The zero-order chi connectivity index (χ0) is 21.2. The van der Waals surface area contributed by atoms with Crippen molar-refractivity contribution in [3.8, 4) is 11.5 Å². The van der Waals surface area contributed by atoms with E-state index < -0.39 is 0 Å². The molecule has 1 amide bonds. The van der Waals surface area contributed by atoms with Gasteiger partial charge < -0.3 is 14.8 Å². The lowest BCUT2D eigenvalue weighted by molar-refractivity contribution is -0.116. The van der Waals surface area contributed by atoms with Crippen LogP contribution in [0.1, 0.15) is 29.0 Å². The maximum atomic E-state index is 12.3. The maximum Gasteiger partial charge on any atom is 0.243 e. The van der Waals surface area contributed by atoms with Gasteiger partial charge in [0.05, 0.1) is 14.2 Å². The molecule has 4 heteroatoms. The summed E-state index contributed by atoms with van der Waals surface area (Å²) in [5.41, 5.74) is 3.37. The quantitative estimate of drug-likeness (QED) is 0.510. The summed E-state index contributed by atoms with van der Waals surface area (Å²) < 4.78 is 10.5. The third-order valence-electron chi connectivity index (χ3n) is 4.97. The summed E-state index contributed by atoms with van der Waals surface area (Å²) in [5, 5.41) is 2.99. The van der Waals surface area contributed by atoms with Crippen LogP contribution in [0.25, 0.3) is 6.08 Å². The van der Waals surface area contributed by atoms with Gasteiger partial charge in [0.15, 0.2) is 11.5 Å². The second-order valence-corrected chi connectivity index (χ2v) is 6.90. The molecule has 3 aromatic rings. The summed E-state index contributed by atoms with van der Waals surface area (Å²) in [7, 11) is 3.19. The van der Waals surface area contributed by atoms with E-state index in [-0.39, 0.29) is 11.8 Å². The highest BCUT2D eigenvalue weighted by molar-refractivity contribution is 5.91. The van der Waals surface area contributed by atoms with Crippen molar-refractivity contribution in [3.05, 3.63) is 102 Å². The van der Waals surface area contributed by atoms with Crippen molar-refractivity contribution in [1.82, 2.24) is 5.32 Å². The van der Waals surface area contributed by atoms with E-state index in [9.17, 15) is 4.79 Å². The van der Waals surface area contributed by atoms with Gasteiger partial charge in [-0.05, 0) is 41.3 Å². The smallest absolute Gasteiger partial charge is 0.243 e. The molecular formula is C26H27NO3. The first-order valence-corrected chi connectivity index (χ1v) is 9.99. The molecule has 0 radical (unpaired) electrons. The molecule has 0 saturated carbocycles. The number of nitrogens with one attached hydrogen (secondary N) is 1. The summed E-state index contributed by atoms with van der Waals surface area (Å²) in [6, 6.07) is 26.3. The van der Waals surface area contributed by atoms with Gasteiger partial charge in [-0.2, -0.15) is 0 Å². The first kappa shape index (κ1) is 21.2. The highest BCUT2D eigenvalue weighted by atomic mass is 16.5. The van der Waals surface area contributed by atoms with Gasteiger partial charge >= 0.3 is 0 Å². The molecule has 154 valence electrons. The molecule has 30 heavy (non-hydrogen) atoms. The number of amides is 1. The third-order valence-corrected chi connectivity index (χ3v) is 4.97. The Labute approximate surface area is 178 Å². The standard InChI is InChI=1S/C26H27NO3/c1-29-24-15-13-20(19-25(24)30-2)14-16-26(28)27-18-17-23(21-9-5-3-6-10-21)22-11-7-4-8-12-22/h3-16,19,23H,17-18H2,1-2H3,(H,27,28). The topological polar surface area (TPSA) is 47.6 Å². The molecule has 3 rings (SSSR count). The Bertz CT molecular complexity index is 929. The minimum atomic E-state index is -0.121. The molecule has 0 saturated heterocycles. The van der Waals surface area contributed by atoms with E-state index in [0.717, 1.165) is 12.0 Å². The summed E-state index contributed by atoms with van der Waals surface area (Å²) in [6.07, 6.45) is 4.13. The van der Waals surface area contributed by atoms with E-state index in [1.807, 2.05) is 30.3 Å². The number of rotatable bonds is 9. The fraction of sp³-hybridized carbons (Fsp3) is 0.192. The lowest BCUT2D eigenvalue weighted by atomic mass is 9.88. The van der Waals surface area contributed by atoms with E-state index in [1.54, 1.807) is 26.4 Å². The molecule has 0 bridgehead atoms. The van der Waals surface area contributed by atoms with Gasteiger partial charge in [0.2, 0.25) is 5.91 Å². The van der Waals surface area contributed by atoms with Crippen molar-refractivity contribution in [3.63, 3.8) is 0 Å². The monoisotopic (exact) mass is 401 g/mol. The van der Waals surface area contributed by atoms with Crippen molar-refractivity contribution < 1.29 is 14.3 Å².